The van der Waals surface area contributed by atoms with Crippen LogP contribution in [-0.4, -0.2) is 52.6 Å². The van der Waals surface area contributed by atoms with Gasteiger partial charge in [-0.25, -0.2) is 4.39 Å². The lowest BCUT2D eigenvalue weighted by atomic mass is 10.1. The fourth-order valence-corrected chi connectivity index (χ4v) is 4.54. The van der Waals surface area contributed by atoms with Crippen LogP contribution in [-0.2, 0) is 27.4 Å². The van der Waals surface area contributed by atoms with Crippen molar-refractivity contribution in [1.82, 2.24) is 15.1 Å². The Morgan fingerprint density at radius 2 is 1.80 bits per heavy atom. The molecule has 0 fully saturated rings. The summed E-state index contributed by atoms with van der Waals surface area (Å²) in [7, 11) is 0. The van der Waals surface area contributed by atoms with Crippen LogP contribution in [0.1, 0.15) is 28.7 Å². The summed E-state index contributed by atoms with van der Waals surface area (Å²) in [6.07, 6.45) is 0. The highest BCUT2D eigenvalue weighted by Gasteiger charge is 2.31. The number of rotatable bonds is 8. The van der Waals surface area contributed by atoms with Gasteiger partial charge >= 0.3 is 5.97 Å². The van der Waals surface area contributed by atoms with Crippen LogP contribution < -0.4 is 9.64 Å². The molecule has 1 aromatic heterocycles. The minimum Gasteiger partial charge on any atom is -0.490 e. The largest absolute Gasteiger partial charge is 0.490 e. The van der Waals surface area contributed by atoms with Gasteiger partial charge in [0.2, 0.25) is 17.7 Å². The van der Waals surface area contributed by atoms with Gasteiger partial charge in [0.25, 0.3) is 5.91 Å². The van der Waals surface area contributed by atoms with Crippen molar-refractivity contribution in [3.05, 3.63) is 94.6 Å². The number of carbonyl (C=O) groups is 3. The molecule has 1 aliphatic rings. The smallest absolute Gasteiger partial charge is 0.302 e. The van der Waals surface area contributed by atoms with Gasteiger partial charge < -0.3 is 18.8 Å². The maximum atomic E-state index is 13.7. The van der Waals surface area contributed by atoms with E-state index in [-0.39, 0.29) is 66.9 Å². The first kappa shape index (κ1) is 27.8. The molecule has 0 unspecified atom stereocenters. The number of hydrogen-bond donors (Lipinski definition) is 0. The molecule has 5 rings (SSSR count). The quantitative estimate of drug-likeness (QED) is 0.219. The first-order valence-corrected chi connectivity index (χ1v) is 13.0. The molecular formula is C29H24ClFN4O6. The second-order valence-electron chi connectivity index (χ2n) is 9.11. The van der Waals surface area contributed by atoms with Crippen LogP contribution in [0.15, 0.2) is 71.1 Å². The van der Waals surface area contributed by atoms with Gasteiger partial charge in [-0.05, 0) is 54.1 Å². The summed E-state index contributed by atoms with van der Waals surface area (Å²) in [5.74, 6) is -0.793. The van der Waals surface area contributed by atoms with E-state index in [4.69, 9.17) is 25.5 Å². The SMILES string of the molecule is CC(=O)OCCOc1ccc(C(=O)N2CC(=O)N(Cc3nnc(-c4ccc(F)cc4)o3)Cc3ccccc32)c(Cl)c1. The minimum absolute atomic E-state index is 0.0174. The Morgan fingerprint density at radius 1 is 1.02 bits per heavy atom. The molecule has 0 aliphatic carbocycles. The molecule has 41 heavy (non-hydrogen) atoms. The summed E-state index contributed by atoms with van der Waals surface area (Å²) in [5.41, 5.74) is 2.05. The number of anilines is 1. The summed E-state index contributed by atoms with van der Waals surface area (Å²) in [6.45, 7) is 1.48. The summed E-state index contributed by atoms with van der Waals surface area (Å²) in [5, 5.41) is 8.21. The van der Waals surface area contributed by atoms with Gasteiger partial charge in [0.15, 0.2) is 0 Å². The van der Waals surface area contributed by atoms with E-state index < -0.39 is 11.9 Å². The van der Waals surface area contributed by atoms with Gasteiger partial charge in [-0.2, -0.15) is 0 Å². The van der Waals surface area contributed by atoms with Crippen LogP contribution in [0.4, 0.5) is 10.1 Å². The van der Waals surface area contributed by atoms with E-state index in [0.717, 1.165) is 5.56 Å². The predicted molar refractivity (Wildman–Crippen MR) is 146 cm³/mol. The number of para-hydroxylation sites is 1. The fraction of sp³-hybridized carbons (Fsp3) is 0.207. The number of hydrogen-bond acceptors (Lipinski definition) is 8. The number of halogens is 2. The lowest BCUT2D eigenvalue weighted by Crippen LogP contribution is -2.40. The van der Waals surface area contributed by atoms with Crippen molar-refractivity contribution in [1.29, 1.82) is 0 Å². The third kappa shape index (κ3) is 6.52. The molecule has 0 saturated carbocycles. The molecule has 0 atom stereocenters. The van der Waals surface area contributed by atoms with E-state index >= 15 is 0 Å². The average molecular weight is 579 g/mol. The molecule has 0 bridgehead atoms. The molecule has 0 saturated heterocycles. The third-order valence-corrected chi connectivity index (χ3v) is 6.56. The first-order valence-electron chi connectivity index (χ1n) is 12.6. The van der Waals surface area contributed by atoms with Crippen LogP contribution in [0.2, 0.25) is 5.02 Å². The molecule has 0 spiro atoms. The van der Waals surface area contributed by atoms with E-state index in [1.165, 1.54) is 53.1 Å². The van der Waals surface area contributed by atoms with Crippen molar-refractivity contribution in [3.8, 4) is 17.2 Å². The number of fused-ring (bicyclic) bond motifs is 1. The molecule has 210 valence electrons. The number of esters is 1. The van der Waals surface area contributed by atoms with E-state index in [9.17, 15) is 18.8 Å². The number of amides is 2. The molecule has 10 nitrogen and oxygen atoms in total. The van der Waals surface area contributed by atoms with Gasteiger partial charge in [0, 0.05) is 24.7 Å². The Kier molecular flexibility index (Phi) is 8.25. The van der Waals surface area contributed by atoms with E-state index in [1.807, 2.05) is 12.1 Å². The first-order chi connectivity index (χ1) is 19.8. The van der Waals surface area contributed by atoms with Gasteiger partial charge in [0.05, 0.1) is 17.1 Å². The zero-order chi connectivity index (χ0) is 28.9. The van der Waals surface area contributed by atoms with Crippen LogP contribution >= 0.6 is 11.6 Å². The summed E-state index contributed by atoms with van der Waals surface area (Å²) >= 11 is 6.45. The van der Waals surface area contributed by atoms with Gasteiger partial charge in [-0.3, -0.25) is 19.3 Å². The van der Waals surface area contributed by atoms with Gasteiger partial charge in [-0.1, -0.05) is 29.8 Å². The van der Waals surface area contributed by atoms with Crippen molar-refractivity contribution in [2.24, 2.45) is 0 Å². The lowest BCUT2D eigenvalue weighted by Gasteiger charge is -2.23. The van der Waals surface area contributed by atoms with E-state index in [2.05, 4.69) is 10.2 Å². The lowest BCUT2D eigenvalue weighted by molar-refractivity contribution is -0.141. The molecule has 4 aromatic rings. The Bertz CT molecular complexity index is 1590. The molecular weight excluding hydrogens is 555 g/mol. The van der Waals surface area contributed by atoms with Crippen molar-refractivity contribution in [2.75, 3.05) is 24.7 Å². The average Bonchev–Trinajstić information content (AvgIpc) is 3.37. The van der Waals surface area contributed by atoms with Crippen LogP contribution in [0.3, 0.4) is 0 Å². The highest BCUT2D eigenvalue weighted by Crippen LogP contribution is 2.31. The minimum atomic E-state index is -0.458. The summed E-state index contributed by atoms with van der Waals surface area (Å²) in [6, 6.07) is 17.4. The maximum Gasteiger partial charge on any atom is 0.302 e. The number of ether oxygens (including phenoxy) is 2. The molecule has 2 heterocycles. The van der Waals surface area contributed by atoms with Crippen molar-refractivity contribution >= 4 is 35.1 Å². The summed E-state index contributed by atoms with van der Waals surface area (Å²) < 4.78 is 29.4. The van der Waals surface area contributed by atoms with Crippen molar-refractivity contribution in [3.63, 3.8) is 0 Å². The third-order valence-electron chi connectivity index (χ3n) is 6.25. The highest BCUT2D eigenvalue weighted by atomic mass is 35.5. The predicted octanol–water partition coefficient (Wildman–Crippen LogP) is 4.66. The molecule has 12 heteroatoms. The Morgan fingerprint density at radius 3 is 2.56 bits per heavy atom. The Balaban J connectivity index is 1.33. The number of aromatic nitrogens is 2. The van der Waals surface area contributed by atoms with E-state index in [1.54, 1.807) is 18.2 Å². The molecule has 0 radical (unpaired) electrons. The van der Waals surface area contributed by atoms with Gasteiger partial charge in [-0.15, -0.1) is 10.2 Å². The molecule has 2 amide bonds. The second-order valence-corrected chi connectivity index (χ2v) is 9.52. The Hall–Kier alpha value is -4.77. The Labute approximate surface area is 239 Å². The topological polar surface area (TPSA) is 115 Å². The van der Waals surface area contributed by atoms with Crippen molar-refractivity contribution in [2.45, 2.75) is 20.0 Å². The van der Waals surface area contributed by atoms with Crippen molar-refractivity contribution < 1.29 is 32.7 Å². The highest BCUT2D eigenvalue weighted by molar-refractivity contribution is 6.34. The van der Waals surface area contributed by atoms with Crippen LogP contribution in [0.5, 0.6) is 5.75 Å². The zero-order valence-corrected chi connectivity index (χ0v) is 22.6. The normalized spacial score (nSPS) is 13.0. The fourth-order valence-electron chi connectivity index (χ4n) is 4.29. The molecule has 1 aliphatic heterocycles. The molecule has 3 aromatic carbocycles. The van der Waals surface area contributed by atoms with Crippen LogP contribution in [0, 0.1) is 5.82 Å². The van der Waals surface area contributed by atoms with E-state index in [0.29, 0.717) is 17.0 Å². The number of benzene rings is 3. The van der Waals surface area contributed by atoms with Gasteiger partial charge in [0.1, 0.15) is 31.3 Å². The maximum absolute atomic E-state index is 13.7. The molecule has 0 N–H and O–H groups in total. The standard InChI is InChI=1S/C29H24ClFN4O6/c1-18(36)39-12-13-40-22-10-11-23(24(30)14-22)29(38)35-17-27(37)34(15-20-4-2-3-5-25(20)35)16-26-32-33-28(41-26)19-6-8-21(31)9-7-19/h2-11,14H,12-13,15-17H2,1H3. The van der Waals surface area contributed by atoms with Crippen LogP contribution in [0.25, 0.3) is 11.5 Å². The monoisotopic (exact) mass is 578 g/mol. The number of nitrogens with zero attached hydrogens (tertiary/aromatic N) is 4. The number of carbonyl (C=O) groups excluding carboxylic acids is 3. The zero-order valence-electron chi connectivity index (χ0n) is 21.9. The summed E-state index contributed by atoms with van der Waals surface area (Å²) in [4.78, 5) is 40.9. The second kappa shape index (κ2) is 12.2.